The highest BCUT2D eigenvalue weighted by Crippen LogP contribution is 2.65. The van der Waals surface area contributed by atoms with Crippen molar-refractivity contribution in [2.75, 3.05) is 0 Å². The lowest BCUT2D eigenvalue weighted by molar-refractivity contribution is -0.533. The van der Waals surface area contributed by atoms with E-state index < -0.39 is 79.1 Å². The fourth-order valence-electron chi connectivity index (χ4n) is 2.32. The molecule has 0 rings (SSSR count). The number of alkyl halides is 23. The second kappa shape index (κ2) is 8.68. The summed E-state index contributed by atoms with van der Waals surface area (Å²) in [7, 11) is 0. The summed E-state index contributed by atoms with van der Waals surface area (Å²) in [4.78, 5) is 0. The molecule has 0 aromatic rings. The summed E-state index contributed by atoms with van der Waals surface area (Å²) in [6.07, 6.45) is -45.0. The van der Waals surface area contributed by atoms with Gasteiger partial charge >= 0.3 is 60.1 Å². The van der Waals surface area contributed by atoms with E-state index in [4.69, 9.17) is 0 Å². The Morgan fingerprint density at radius 2 is 0.757 bits per heavy atom. The predicted molar refractivity (Wildman–Crippen MR) is 66.9 cm³/mol. The Balaban J connectivity index is 7.64. The van der Waals surface area contributed by atoms with Crippen LogP contribution in [0, 0.1) is 0 Å². The first kappa shape index (κ1) is 35.4. The molecule has 0 heterocycles. The fraction of sp³-hybridized carbons (Fsp3) is 1.00. The number of hydrogen-bond donors (Lipinski definition) is 0. The smallest absolute Gasteiger partial charge is 0.267 e. The molecule has 37 heavy (non-hydrogen) atoms. The van der Waals surface area contributed by atoms with Crippen molar-refractivity contribution in [1.29, 1.82) is 0 Å². The van der Waals surface area contributed by atoms with E-state index in [9.17, 15) is 101 Å². The van der Waals surface area contributed by atoms with Crippen molar-refractivity contribution in [2.45, 2.75) is 79.1 Å². The van der Waals surface area contributed by atoms with E-state index >= 15 is 0 Å². The highest BCUT2D eigenvalue weighted by molar-refractivity contribution is 5.15. The molecule has 0 saturated carbocycles. The van der Waals surface area contributed by atoms with Crippen molar-refractivity contribution in [3.63, 3.8) is 0 Å². The molecular weight excluding hydrogens is 609 g/mol. The largest absolute Gasteiger partial charge is 0.460 e. The Hall–Kier alpha value is -1.65. The van der Waals surface area contributed by atoms with E-state index in [-0.39, 0.29) is 0 Å². The van der Waals surface area contributed by atoms with Crippen LogP contribution >= 0.6 is 0 Å². The van der Waals surface area contributed by atoms with Gasteiger partial charge in [0.1, 0.15) is 0 Å². The molecule has 3 unspecified atom stereocenters. The summed E-state index contributed by atoms with van der Waals surface area (Å²) in [5.41, 5.74) is -16.4. The minimum atomic E-state index is -9.27. The Kier molecular flexibility index (Phi) is 8.29. The van der Waals surface area contributed by atoms with Gasteiger partial charge in [-0.3, -0.25) is 4.74 Å². The van der Waals surface area contributed by atoms with Crippen LogP contribution in [0.4, 0.5) is 101 Å². The van der Waals surface area contributed by atoms with Crippen molar-refractivity contribution in [1.82, 2.24) is 0 Å². The normalized spacial score (nSPS) is 20.8. The molecule has 224 valence electrons. The lowest BCUT2D eigenvalue weighted by Crippen LogP contribution is -2.77. The summed E-state index contributed by atoms with van der Waals surface area (Å²) in [5.74, 6) is -34.9. The molecule has 0 aliphatic rings. The summed E-state index contributed by atoms with van der Waals surface area (Å²) in [6, 6.07) is 0. The first-order valence-electron chi connectivity index (χ1n) is 8.07. The number of ether oxygens (including phenoxy) is 1. The second-order valence-corrected chi connectivity index (χ2v) is 6.74. The predicted octanol–water partition coefficient (Wildman–Crippen LogP) is 8.24. The topological polar surface area (TPSA) is 9.23 Å². The first-order valence-corrected chi connectivity index (χ1v) is 8.07. The van der Waals surface area contributed by atoms with Gasteiger partial charge in [-0.05, 0) is 6.42 Å². The molecule has 0 saturated heterocycles. The molecule has 0 bridgehead atoms. The van der Waals surface area contributed by atoms with Crippen LogP contribution < -0.4 is 0 Å². The van der Waals surface area contributed by atoms with Gasteiger partial charge in [0.2, 0.25) is 0 Å². The minimum Gasteiger partial charge on any atom is -0.267 e. The van der Waals surface area contributed by atoms with Crippen molar-refractivity contribution in [3.05, 3.63) is 0 Å². The van der Waals surface area contributed by atoms with Gasteiger partial charge in [-0.1, -0.05) is 6.92 Å². The zero-order valence-corrected chi connectivity index (χ0v) is 16.3. The average Bonchev–Trinajstić information content (AvgIpc) is 2.61. The van der Waals surface area contributed by atoms with Crippen LogP contribution in [-0.4, -0.2) is 65.8 Å². The summed E-state index contributed by atoms with van der Waals surface area (Å²) in [5, 5.41) is 0. The summed E-state index contributed by atoms with van der Waals surface area (Å²) >= 11 is 0. The van der Waals surface area contributed by atoms with Gasteiger partial charge in [0.15, 0.2) is 0 Å². The molecule has 0 N–H and O–H groups in total. The fourth-order valence-corrected chi connectivity index (χ4v) is 2.32. The first-order chi connectivity index (χ1) is 15.5. The van der Waals surface area contributed by atoms with Crippen molar-refractivity contribution < 1.29 is 106 Å². The lowest BCUT2D eigenvalue weighted by atomic mass is 9.86. The number of halogens is 23. The molecule has 0 fully saturated rings. The van der Waals surface area contributed by atoms with Crippen LogP contribution in [0.15, 0.2) is 0 Å². The van der Waals surface area contributed by atoms with E-state index in [2.05, 4.69) is 0 Å². The van der Waals surface area contributed by atoms with Gasteiger partial charge in [-0.15, -0.1) is 0 Å². The van der Waals surface area contributed by atoms with Gasteiger partial charge in [0.25, 0.3) is 5.67 Å². The van der Waals surface area contributed by atoms with E-state index in [1.807, 2.05) is 0 Å². The standard InChI is InChI=1S/C13H5F23O/c1-2-3(14,9(23,24)25)5(16,17)8(22,12(32,33)34)37-13(35,36)4(15,10(26,27)28)6(18,19)7(20,21)11(29,30)31/h2H2,1H3. The highest BCUT2D eigenvalue weighted by Gasteiger charge is 2.96. The molecule has 0 amide bonds. The number of rotatable bonds is 8. The second-order valence-electron chi connectivity index (χ2n) is 6.74. The van der Waals surface area contributed by atoms with Gasteiger partial charge in [0, 0.05) is 0 Å². The maximum Gasteiger partial charge on any atom is 0.460 e. The Morgan fingerprint density at radius 3 is 0.973 bits per heavy atom. The third-order valence-corrected chi connectivity index (χ3v) is 4.45. The van der Waals surface area contributed by atoms with Crippen LogP contribution in [0.3, 0.4) is 0 Å². The Labute approximate surface area is 186 Å². The van der Waals surface area contributed by atoms with Gasteiger partial charge in [-0.2, -0.15) is 92.2 Å². The van der Waals surface area contributed by atoms with Crippen molar-refractivity contribution in [2.24, 2.45) is 0 Å². The molecular formula is C13H5F23O. The quantitative estimate of drug-likeness (QED) is 0.251. The van der Waals surface area contributed by atoms with Crippen LogP contribution in [0.1, 0.15) is 13.3 Å². The average molecular weight is 614 g/mol. The SMILES string of the molecule is CCC(F)(C(F)(F)F)C(F)(F)C(F)(OC(F)(F)C(F)(C(F)(F)F)C(F)(F)C(F)(F)C(F)(F)F)C(F)(F)F. The third-order valence-electron chi connectivity index (χ3n) is 4.45. The molecule has 1 nitrogen and oxygen atoms in total. The molecule has 3 atom stereocenters. The van der Waals surface area contributed by atoms with Crippen molar-refractivity contribution >= 4 is 0 Å². The monoisotopic (exact) mass is 614 g/mol. The van der Waals surface area contributed by atoms with Crippen LogP contribution in [0.2, 0.25) is 0 Å². The molecule has 24 heteroatoms. The van der Waals surface area contributed by atoms with Crippen molar-refractivity contribution in [3.8, 4) is 0 Å². The van der Waals surface area contributed by atoms with E-state index in [0.29, 0.717) is 0 Å². The molecule has 0 aromatic heterocycles. The zero-order chi connectivity index (χ0) is 30.9. The minimum absolute atomic E-state index is 0.524. The Morgan fingerprint density at radius 1 is 0.405 bits per heavy atom. The van der Waals surface area contributed by atoms with E-state index in [1.165, 1.54) is 0 Å². The lowest BCUT2D eigenvalue weighted by Gasteiger charge is -2.47. The molecule has 0 aliphatic carbocycles. The van der Waals surface area contributed by atoms with Crippen LogP contribution in [0.25, 0.3) is 0 Å². The van der Waals surface area contributed by atoms with Gasteiger partial charge in [0.05, 0.1) is 0 Å². The van der Waals surface area contributed by atoms with Gasteiger partial charge < -0.3 is 0 Å². The highest BCUT2D eigenvalue weighted by atomic mass is 19.4. The Bertz CT molecular complexity index is 814. The van der Waals surface area contributed by atoms with Gasteiger partial charge in [-0.25, -0.2) is 8.78 Å². The zero-order valence-electron chi connectivity index (χ0n) is 16.3. The molecule has 0 spiro atoms. The third kappa shape index (κ3) is 4.61. The van der Waals surface area contributed by atoms with Crippen LogP contribution in [0.5, 0.6) is 0 Å². The molecule has 0 radical (unpaired) electrons. The molecule has 0 aromatic carbocycles. The van der Waals surface area contributed by atoms with E-state index in [1.54, 1.807) is 0 Å². The molecule has 0 aliphatic heterocycles. The summed E-state index contributed by atoms with van der Waals surface area (Å²) < 4.78 is 302. The summed E-state index contributed by atoms with van der Waals surface area (Å²) in [6.45, 7) is -0.524. The van der Waals surface area contributed by atoms with Crippen LogP contribution in [-0.2, 0) is 4.74 Å². The maximum absolute atomic E-state index is 14.1. The van der Waals surface area contributed by atoms with E-state index in [0.717, 1.165) is 4.74 Å². The maximum atomic E-state index is 14.1. The number of hydrogen-bond acceptors (Lipinski definition) is 1.